The van der Waals surface area contributed by atoms with Crippen LogP contribution >= 0.6 is 27.3 Å². The minimum Gasteiger partial charge on any atom is -0.388 e. The van der Waals surface area contributed by atoms with Crippen LogP contribution in [0.15, 0.2) is 40.2 Å². The first-order valence-corrected chi connectivity index (χ1v) is 6.81. The maximum atomic E-state index is 10.2. The van der Waals surface area contributed by atoms with E-state index in [2.05, 4.69) is 15.9 Å². The molecule has 1 aromatic carbocycles. The predicted molar refractivity (Wildman–Crippen MR) is 71.9 cm³/mol. The van der Waals surface area contributed by atoms with Crippen molar-refractivity contribution in [2.75, 3.05) is 0 Å². The molecule has 0 amide bonds. The van der Waals surface area contributed by atoms with Gasteiger partial charge in [-0.15, -0.1) is 11.3 Å². The van der Waals surface area contributed by atoms with E-state index in [0.29, 0.717) is 6.42 Å². The SMILES string of the molecule is Cc1ccccc1C(O)Cc1sccc1Br. The maximum absolute atomic E-state index is 10.2. The van der Waals surface area contributed by atoms with E-state index >= 15 is 0 Å². The molecule has 1 N–H and O–H groups in total. The van der Waals surface area contributed by atoms with Crippen molar-refractivity contribution in [2.24, 2.45) is 0 Å². The molecule has 1 aromatic heterocycles. The Kier molecular flexibility index (Phi) is 3.79. The van der Waals surface area contributed by atoms with Crippen LogP contribution in [0.4, 0.5) is 0 Å². The van der Waals surface area contributed by atoms with Gasteiger partial charge in [0.15, 0.2) is 0 Å². The largest absolute Gasteiger partial charge is 0.388 e. The van der Waals surface area contributed by atoms with E-state index in [1.54, 1.807) is 11.3 Å². The number of aliphatic hydroxyl groups is 1. The minimum absolute atomic E-state index is 0.420. The molecule has 0 aliphatic rings. The van der Waals surface area contributed by atoms with E-state index in [0.717, 1.165) is 15.6 Å². The Bertz CT molecular complexity index is 478. The van der Waals surface area contributed by atoms with Gasteiger partial charge in [-0.1, -0.05) is 24.3 Å². The lowest BCUT2D eigenvalue weighted by Crippen LogP contribution is -2.02. The fourth-order valence-corrected chi connectivity index (χ4v) is 3.27. The Labute approximate surface area is 108 Å². The molecular weight excluding hydrogens is 284 g/mol. The van der Waals surface area contributed by atoms with Gasteiger partial charge >= 0.3 is 0 Å². The molecule has 2 rings (SSSR count). The van der Waals surface area contributed by atoms with Gasteiger partial charge < -0.3 is 5.11 Å². The van der Waals surface area contributed by atoms with Gasteiger partial charge in [-0.25, -0.2) is 0 Å². The second-order valence-corrected chi connectivity index (χ2v) is 5.62. The van der Waals surface area contributed by atoms with Crippen molar-refractivity contribution in [3.63, 3.8) is 0 Å². The van der Waals surface area contributed by atoms with Crippen LogP contribution < -0.4 is 0 Å². The van der Waals surface area contributed by atoms with Crippen molar-refractivity contribution in [1.82, 2.24) is 0 Å². The number of aliphatic hydroxyl groups excluding tert-OH is 1. The third-order valence-electron chi connectivity index (χ3n) is 2.62. The van der Waals surface area contributed by atoms with E-state index in [1.165, 1.54) is 4.88 Å². The molecule has 2 aromatic rings. The predicted octanol–water partition coefficient (Wildman–Crippen LogP) is 4.10. The van der Waals surface area contributed by atoms with Crippen molar-refractivity contribution >= 4 is 27.3 Å². The van der Waals surface area contributed by atoms with E-state index in [9.17, 15) is 5.11 Å². The maximum Gasteiger partial charge on any atom is 0.0841 e. The van der Waals surface area contributed by atoms with Crippen LogP contribution in [-0.4, -0.2) is 5.11 Å². The molecule has 16 heavy (non-hydrogen) atoms. The Balaban J connectivity index is 2.18. The van der Waals surface area contributed by atoms with Crippen molar-refractivity contribution in [1.29, 1.82) is 0 Å². The number of hydrogen-bond donors (Lipinski definition) is 1. The number of thiophene rings is 1. The first kappa shape index (κ1) is 11.8. The first-order valence-electron chi connectivity index (χ1n) is 5.14. The number of hydrogen-bond acceptors (Lipinski definition) is 2. The zero-order valence-electron chi connectivity index (χ0n) is 8.98. The summed E-state index contributed by atoms with van der Waals surface area (Å²) >= 11 is 5.16. The normalized spacial score (nSPS) is 12.7. The third-order valence-corrected chi connectivity index (χ3v) is 4.57. The summed E-state index contributed by atoms with van der Waals surface area (Å²) in [7, 11) is 0. The van der Waals surface area contributed by atoms with E-state index in [4.69, 9.17) is 0 Å². The van der Waals surface area contributed by atoms with Crippen LogP contribution in [0.3, 0.4) is 0 Å². The van der Waals surface area contributed by atoms with Crippen molar-refractivity contribution in [2.45, 2.75) is 19.4 Å². The first-order chi connectivity index (χ1) is 7.68. The summed E-state index contributed by atoms with van der Waals surface area (Å²) in [4.78, 5) is 1.19. The van der Waals surface area contributed by atoms with Crippen LogP contribution in [0, 0.1) is 6.92 Å². The van der Waals surface area contributed by atoms with Gasteiger partial charge in [0.25, 0.3) is 0 Å². The summed E-state index contributed by atoms with van der Waals surface area (Å²) in [6.07, 6.45) is 0.250. The molecular formula is C13H13BrOS. The molecule has 0 saturated carbocycles. The highest BCUT2D eigenvalue weighted by Gasteiger charge is 2.13. The van der Waals surface area contributed by atoms with Gasteiger partial charge in [0, 0.05) is 15.8 Å². The highest BCUT2D eigenvalue weighted by molar-refractivity contribution is 9.10. The van der Waals surface area contributed by atoms with Crippen molar-refractivity contribution in [3.8, 4) is 0 Å². The van der Waals surface area contributed by atoms with Crippen LogP contribution in [0.1, 0.15) is 22.1 Å². The van der Waals surface area contributed by atoms with Crippen LogP contribution in [0.25, 0.3) is 0 Å². The van der Waals surface area contributed by atoms with E-state index < -0.39 is 6.10 Å². The lowest BCUT2D eigenvalue weighted by Gasteiger charge is -2.12. The second-order valence-electron chi connectivity index (χ2n) is 3.77. The summed E-state index contributed by atoms with van der Waals surface area (Å²) < 4.78 is 1.09. The van der Waals surface area contributed by atoms with Gasteiger partial charge in [0.2, 0.25) is 0 Å². The number of aryl methyl sites for hydroxylation is 1. The lowest BCUT2D eigenvalue weighted by molar-refractivity contribution is 0.178. The fraction of sp³-hybridized carbons (Fsp3) is 0.231. The quantitative estimate of drug-likeness (QED) is 0.904. The number of benzene rings is 1. The smallest absolute Gasteiger partial charge is 0.0841 e. The van der Waals surface area contributed by atoms with Crippen LogP contribution in [0.2, 0.25) is 0 Å². The number of halogens is 1. The molecule has 0 aliphatic heterocycles. The molecule has 1 unspecified atom stereocenters. The average molecular weight is 297 g/mol. The Hall–Kier alpha value is -0.640. The molecule has 3 heteroatoms. The highest BCUT2D eigenvalue weighted by atomic mass is 79.9. The average Bonchev–Trinajstić information content (AvgIpc) is 2.65. The molecule has 1 nitrogen and oxygen atoms in total. The Morgan fingerprint density at radius 2 is 2.06 bits per heavy atom. The standard InChI is InChI=1S/C13H13BrOS/c1-9-4-2-3-5-10(9)12(15)8-13-11(14)6-7-16-13/h2-7,12,15H,8H2,1H3. The minimum atomic E-state index is -0.420. The van der Waals surface area contributed by atoms with Gasteiger partial charge in [-0.05, 0) is 45.4 Å². The Morgan fingerprint density at radius 3 is 2.69 bits per heavy atom. The van der Waals surface area contributed by atoms with Gasteiger partial charge in [0.1, 0.15) is 0 Å². The summed E-state index contributed by atoms with van der Waals surface area (Å²) in [6, 6.07) is 10.00. The molecule has 1 atom stereocenters. The summed E-state index contributed by atoms with van der Waals surface area (Å²) in [5.74, 6) is 0. The summed E-state index contributed by atoms with van der Waals surface area (Å²) in [6.45, 7) is 2.03. The van der Waals surface area contributed by atoms with Crippen LogP contribution in [-0.2, 0) is 6.42 Å². The van der Waals surface area contributed by atoms with Gasteiger partial charge in [-0.3, -0.25) is 0 Å². The monoisotopic (exact) mass is 296 g/mol. The zero-order valence-corrected chi connectivity index (χ0v) is 11.4. The third kappa shape index (κ3) is 2.54. The van der Waals surface area contributed by atoms with Crippen LogP contribution in [0.5, 0.6) is 0 Å². The van der Waals surface area contributed by atoms with E-state index in [-0.39, 0.29) is 0 Å². The molecule has 0 spiro atoms. The van der Waals surface area contributed by atoms with E-state index in [1.807, 2.05) is 42.6 Å². The highest BCUT2D eigenvalue weighted by Crippen LogP contribution is 2.29. The molecule has 1 heterocycles. The van der Waals surface area contributed by atoms with Crippen molar-refractivity contribution < 1.29 is 5.11 Å². The molecule has 0 bridgehead atoms. The molecule has 84 valence electrons. The second kappa shape index (κ2) is 5.13. The summed E-state index contributed by atoms with van der Waals surface area (Å²) in [5.41, 5.74) is 2.16. The number of rotatable bonds is 3. The van der Waals surface area contributed by atoms with Gasteiger partial charge in [-0.2, -0.15) is 0 Å². The summed E-state index contributed by atoms with van der Waals surface area (Å²) in [5, 5.41) is 12.2. The van der Waals surface area contributed by atoms with Gasteiger partial charge in [0.05, 0.1) is 6.10 Å². The molecule has 0 fully saturated rings. The van der Waals surface area contributed by atoms with Crippen molar-refractivity contribution in [3.05, 3.63) is 56.2 Å². The lowest BCUT2D eigenvalue weighted by atomic mass is 10.0. The topological polar surface area (TPSA) is 20.2 Å². The fourth-order valence-electron chi connectivity index (χ4n) is 1.72. The zero-order chi connectivity index (χ0) is 11.5. The Morgan fingerprint density at radius 1 is 1.31 bits per heavy atom. The molecule has 0 radical (unpaired) electrons. The molecule has 0 aliphatic carbocycles. The molecule has 0 saturated heterocycles.